The summed E-state index contributed by atoms with van der Waals surface area (Å²) >= 11 is 0. The minimum absolute atomic E-state index is 0.0172. The number of methoxy groups -OCH3 is 1. The van der Waals surface area contributed by atoms with Gasteiger partial charge in [-0.1, -0.05) is 42.5 Å². The Bertz CT molecular complexity index is 939. The van der Waals surface area contributed by atoms with Gasteiger partial charge in [-0.15, -0.1) is 5.10 Å². The summed E-state index contributed by atoms with van der Waals surface area (Å²) in [4.78, 5) is 4.99. The van der Waals surface area contributed by atoms with Gasteiger partial charge in [0.05, 0.1) is 25.8 Å². The Balaban J connectivity index is 1.52. The zero-order valence-electron chi connectivity index (χ0n) is 18.9. The van der Waals surface area contributed by atoms with E-state index in [4.69, 9.17) is 9.47 Å². The van der Waals surface area contributed by atoms with Crippen molar-refractivity contribution < 1.29 is 9.47 Å². The summed E-state index contributed by atoms with van der Waals surface area (Å²) < 4.78 is 12.8. The lowest BCUT2D eigenvalue weighted by Crippen LogP contribution is -2.48. The molecule has 32 heavy (non-hydrogen) atoms. The highest BCUT2D eigenvalue weighted by molar-refractivity contribution is 5.32. The number of tetrazole rings is 1. The van der Waals surface area contributed by atoms with Crippen LogP contribution in [0.2, 0.25) is 0 Å². The topological polar surface area (TPSA) is 68.5 Å². The number of nitrogens with zero attached hydrogens (tertiary/aromatic N) is 6. The van der Waals surface area contributed by atoms with E-state index < -0.39 is 0 Å². The molecule has 2 aromatic carbocycles. The number of piperazine rings is 1. The van der Waals surface area contributed by atoms with Gasteiger partial charge in [0, 0.05) is 39.8 Å². The van der Waals surface area contributed by atoms with Crippen LogP contribution in [0.1, 0.15) is 29.9 Å². The lowest BCUT2D eigenvalue weighted by molar-refractivity contribution is 0.0988. The van der Waals surface area contributed by atoms with Crippen LogP contribution in [0, 0.1) is 0 Å². The van der Waals surface area contributed by atoms with Crippen molar-refractivity contribution >= 4 is 0 Å². The van der Waals surface area contributed by atoms with E-state index in [-0.39, 0.29) is 6.04 Å². The van der Waals surface area contributed by atoms with E-state index in [9.17, 15) is 0 Å². The molecule has 1 aromatic heterocycles. The zero-order chi connectivity index (χ0) is 22.2. The van der Waals surface area contributed by atoms with Crippen molar-refractivity contribution in [3.63, 3.8) is 0 Å². The second-order valence-corrected chi connectivity index (χ2v) is 7.96. The highest BCUT2D eigenvalue weighted by Crippen LogP contribution is 2.29. The van der Waals surface area contributed by atoms with Gasteiger partial charge >= 0.3 is 0 Å². The van der Waals surface area contributed by atoms with E-state index >= 15 is 0 Å². The van der Waals surface area contributed by atoms with Gasteiger partial charge in [-0.25, -0.2) is 4.68 Å². The summed E-state index contributed by atoms with van der Waals surface area (Å²) in [6.45, 7) is 8.72. The van der Waals surface area contributed by atoms with Crippen LogP contribution in [0.4, 0.5) is 0 Å². The average Bonchev–Trinajstić information content (AvgIpc) is 3.29. The SMILES string of the molecule is CCOc1ccc(C(c2nnnn2CCOC)N2CCN(Cc3ccccc3)CC2)cc1. The first-order chi connectivity index (χ1) is 15.8. The maximum atomic E-state index is 5.64. The first-order valence-corrected chi connectivity index (χ1v) is 11.3. The minimum Gasteiger partial charge on any atom is -0.494 e. The van der Waals surface area contributed by atoms with E-state index in [1.165, 1.54) is 11.1 Å². The van der Waals surface area contributed by atoms with E-state index in [1.54, 1.807) is 7.11 Å². The van der Waals surface area contributed by atoms with Crippen LogP contribution in [0.5, 0.6) is 5.75 Å². The lowest BCUT2D eigenvalue weighted by atomic mass is 10.0. The molecule has 8 nitrogen and oxygen atoms in total. The first kappa shape index (κ1) is 22.4. The van der Waals surface area contributed by atoms with Crippen LogP contribution in [0.25, 0.3) is 0 Å². The Labute approximate surface area is 189 Å². The fourth-order valence-corrected chi connectivity index (χ4v) is 4.20. The fraction of sp³-hybridized carbons (Fsp3) is 0.458. The summed E-state index contributed by atoms with van der Waals surface area (Å²) in [5.41, 5.74) is 2.52. The number of aromatic nitrogens is 4. The van der Waals surface area contributed by atoms with E-state index in [0.717, 1.165) is 44.3 Å². The smallest absolute Gasteiger partial charge is 0.173 e. The quantitative estimate of drug-likeness (QED) is 0.484. The summed E-state index contributed by atoms with van der Waals surface area (Å²) in [5, 5.41) is 12.6. The molecule has 170 valence electrons. The van der Waals surface area contributed by atoms with Crippen molar-refractivity contribution in [2.75, 3.05) is 46.5 Å². The number of benzene rings is 2. The third-order valence-corrected chi connectivity index (χ3v) is 5.84. The maximum Gasteiger partial charge on any atom is 0.173 e. The Kier molecular flexibility index (Phi) is 7.82. The van der Waals surface area contributed by atoms with Gasteiger partial charge in [0.2, 0.25) is 0 Å². The lowest BCUT2D eigenvalue weighted by Gasteiger charge is -2.39. The van der Waals surface area contributed by atoms with Crippen LogP contribution >= 0.6 is 0 Å². The second kappa shape index (κ2) is 11.2. The van der Waals surface area contributed by atoms with Gasteiger partial charge in [-0.3, -0.25) is 9.80 Å². The monoisotopic (exact) mass is 436 g/mol. The third-order valence-electron chi connectivity index (χ3n) is 5.84. The van der Waals surface area contributed by atoms with Gasteiger partial charge in [0.1, 0.15) is 5.75 Å². The van der Waals surface area contributed by atoms with E-state index in [2.05, 4.69) is 67.8 Å². The van der Waals surface area contributed by atoms with Crippen LogP contribution in [-0.2, 0) is 17.8 Å². The van der Waals surface area contributed by atoms with Crippen molar-refractivity contribution in [1.82, 2.24) is 30.0 Å². The molecule has 1 atom stereocenters. The Morgan fingerprint density at radius 1 is 0.969 bits per heavy atom. The van der Waals surface area contributed by atoms with Crippen LogP contribution < -0.4 is 4.74 Å². The summed E-state index contributed by atoms with van der Waals surface area (Å²) in [6, 6.07) is 19.0. The molecule has 8 heteroatoms. The van der Waals surface area contributed by atoms with Crippen LogP contribution in [0.3, 0.4) is 0 Å². The molecule has 0 spiro atoms. The van der Waals surface area contributed by atoms with Crippen LogP contribution in [0.15, 0.2) is 54.6 Å². The normalized spacial score (nSPS) is 16.2. The van der Waals surface area contributed by atoms with E-state index in [0.29, 0.717) is 19.8 Å². The molecule has 1 aliphatic rings. The van der Waals surface area contributed by atoms with Crippen molar-refractivity contribution in [3.05, 3.63) is 71.5 Å². The van der Waals surface area contributed by atoms with Gasteiger partial charge in [0.15, 0.2) is 5.82 Å². The summed E-state index contributed by atoms with van der Waals surface area (Å²) in [5.74, 6) is 1.73. The number of hydrogen-bond donors (Lipinski definition) is 0. The predicted molar refractivity (Wildman–Crippen MR) is 122 cm³/mol. The molecule has 0 aliphatic carbocycles. The number of hydrogen-bond acceptors (Lipinski definition) is 7. The summed E-state index contributed by atoms with van der Waals surface area (Å²) in [6.07, 6.45) is 0. The van der Waals surface area contributed by atoms with Crippen molar-refractivity contribution in [1.29, 1.82) is 0 Å². The maximum absolute atomic E-state index is 5.64. The van der Waals surface area contributed by atoms with Gasteiger partial charge < -0.3 is 9.47 Å². The number of rotatable bonds is 10. The molecule has 0 saturated carbocycles. The molecule has 0 N–H and O–H groups in total. The second-order valence-electron chi connectivity index (χ2n) is 7.96. The largest absolute Gasteiger partial charge is 0.494 e. The zero-order valence-corrected chi connectivity index (χ0v) is 18.9. The fourth-order valence-electron chi connectivity index (χ4n) is 4.20. The van der Waals surface area contributed by atoms with E-state index in [1.807, 2.05) is 23.7 Å². The molecule has 3 aromatic rings. The first-order valence-electron chi connectivity index (χ1n) is 11.3. The summed E-state index contributed by atoms with van der Waals surface area (Å²) in [7, 11) is 1.69. The predicted octanol–water partition coefficient (Wildman–Crippen LogP) is 2.63. The third kappa shape index (κ3) is 5.51. The van der Waals surface area contributed by atoms with Gasteiger partial charge in [-0.2, -0.15) is 0 Å². The molecule has 2 heterocycles. The molecule has 1 unspecified atom stereocenters. The molecule has 0 radical (unpaired) electrons. The minimum atomic E-state index is -0.0172. The Morgan fingerprint density at radius 2 is 1.72 bits per heavy atom. The van der Waals surface area contributed by atoms with Gasteiger partial charge in [-0.05, 0) is 40.6 Å². The molecule has 4 rings (SSSR count). The Hall–Kier alpha value is -2.81. The molecular formula is C24H32N6O2. The molecule has 0 amide bonds. The molecular weight excluding hydrogens is 404 g/mol. The van der Waals surface area contributed by atoms with Crippen molar-refractivity contribution in [3.8, 4) is 5.75 Å². The average molecular weight is 437 g/mol. The molecule has 1 saturated heterocycles. The molecule has 0 bridgehead atoms. The molecule has 1 aliphatic heterocycles. The highest BCUT2D eigenvalue weighted by atomic mass is 16.5. The van der Waals surface area contributed by atoms with Crippen molar-refractivity contribution in [2.45, 2.75) is 26.1 Å². The van der Waals surface area contributed by atoms with Crippen molar-refractivity contribution in [2.24, 2.45) is 0 Å². The molecule has 1 fully saturated rings. The Morgan fingerprint density at radius 3 is 2.41 bits per heavy atom. The highest BCUT2D eigenvalue weighted by Gasteiger charge is 2.30. The van der Waals surface area contributed by atoms with Crippen LogP contribution in [-0.4, -0.2) is 76.5 Å². The number of ether oxygens (including phenoxy) is 2. The van der Waals surface area contributed by atoms with Gasteiger partial charge in [0.25, 0.3) is 0 Å². The standard InChI is InChI=1S/C24H32N6O2/c1-3-32-22-11-9-21(10-12-22)23(24-25-26-27-30(24)17-18-31-2)29-15-13-28(14-16-29)19-20-7-5-4-6-8-20/h4-12,23H,3,13-19H2,1-2H3.